The van der Waals surface area contributed by atoms with Crippen molar-refractivity contribution in [1.82, 2.24) is 10.3 Å². The highest BCUT2D eigenvalue weighted by Gasteiger charge is 2.14. The lowest BCUT2D eigenvalue weighted by molar-refractivity contribution is 0.0940. The third kappa shape index (κ3) is 4.34. The van der Waals surface area contributed by atoms with E-state index in [4.69, 9.17) is 4.42 Å². The zero-order chi connectivity index (χ0) is 15.1. The maximum atomic E-state index is 12.4. The number of carbonyl (C=O) groups excluding carboxylic acids is 1. The molecule has 1 unspecified atom stereocenters. The first-order chi connectivity index (χ1) is 10.2. The Kier molecular flexibility index (Phi) is 5.37. The van der Waals surface area contributed by atoms with Crippen LogP contribution in [0.3, 0.4) is 0 Å². The van der Waals surface area contributed by atoms with E-state index in [0.717, 1.165) is 24.4 Å². The molecule has 2 aromatic heterocycles. The molecule has 0 spiro atoms. The summed E-state index contributed by atoms with van der Waals surface area (Å²) in [6.07, 6.45) is 6.61. The number of carbonyl (C=O) groups is 1. The number of hydrogen-bond acceptors (Lipinski definition) is 4. The molecule has 5 heteroatoms. The molecule has 21 heavy (non-hydrogen) atoms. The van der Waals surface area contributed by atoms with Crippen LogP contribution in [0.25, 0.3) is 0 Å². The first-order valence-corrected chi connectivity index (χ1v) is 7.21. The van der Waals surface area contributed by atoms with Crippen molar-refractivity contribution in [3.8, 4) is 0 Å². The minimum atomic E-state index is -0.102. The van der Waals surface area contributed by atoms with Crippen LogP contribution >= 0.6 is 0 Å². The molecule has 0 saturated heterocycles. The van der Waals surface area contributed by atoms with Crippen LogP contribution in [-0.4, -0.2) is 23.5 Å². The Morgan fingerprint density at radius 3 is 3.00 bits per heavy atom. The van der Waals surface area contributed by atoms with Crippen LogP contribution < -0.4 is 10.6 Å². The Morgan fingerprint density at radius 2 is 2.29 bits per heavy atom. The van der Waals surface area contributed by atoms with Gasteiger partial charge in [-0.3, -0.25) is 9.78 Å². The summed E-state index contributed by atoms with van der Waals surface area (Å²) in [7, 11) is 0. The van der Waals surface area contributed by atoms with Gasteiger partial charge >= 0.3 is 0 Å². The van der Waals surface area contributed by atoms with Gasteiger partial charge in [-0.25, -0.2) is 0 Å². The predicted molar refractivity (Wildman–Crippen MR) is 82.4 cm³/mol. The highest BCUT2D eigenvalue weighted by atomic mass is 16.3. The summed E-state index contributed by atoms with van der Waals surface area (Å²) in [5.74, 6) is 0.761. The third-order valence-electron chi connectivity index (χ3n) is 3.10. The zero-order valence-corrected chi connectivity index (χ0v) is 12.4. The Morgan fingerprint density at radius 1 is 1.43 bits per heavy atom. The average molecular weight is 287 g/mol. The topological polar surface area (TPSA) is 67.2 Å². The number of aromatic nitrogens is 1. The lowest BCUT2D eigenvalue weighted by atomic mass is 10.1. The molecular formula is C16H21N3O2. The highest BCUT2D eigenvalue weighted by molar-refractivity contribution is 5.99. The monoisotopic (exact) mass is 287 g/mol. The molecule has 0 fully saturated rings. The van der Waals surface area contributed by atoms with Crippen LogP contribution in [0, 0.1) is 0 Å². The van der Waals surface area contributed by atoms with Crippen molar-refractivity contribution in [2.24, 2.45) is 0 Å². The molecule has 1 atom stereocenters. The molecule has 2 N–H and O–H groups in total. The number of anilines is 1. The largest absolute Gasteiger partial charge is 0.469 e. The van der Waals surface area contributed by atoms with Gasteiger partial charge in [-0.2, -0.15) is 0 Å². The summed E-state index contributed by atoms with van der Waals surface area (Å²) < 4.78 is 5.29. The molecule has 2 aromatic rings. The number of nitrogens with zero attached hydrogens (tertiary/aromatic N) is 1. The van der Waals surface area contributed by atoms with Crippen molar-refractivity contribution in [2.75, 3.05) is 11.9 Å². The maximum absolute atomic E-state index is 12.4. The van der Waals surface area contributed by atoms with Crippen molar-refractivity contribution < 1.29 is 9.21 Å². The highest BCUT2D eigenvalue weighted by Crippen LogP contribution is 2.14. The molecule has 2 heterocycles. The molecular weight excluding hydrogens is 266 g/mol. The second-order valence-electron chi connectivity index (χ2n) is 5.01. The molecule has 112 valence electrons. The summed E-state index contributed by atoms with van der Waals surface area (Å²) in [6.45, 7) is 4.85. The molecule has 2 rings (SSSR count). The maximum Gasteiger partial charge on any atom is 0.253 e. The van der Waals surface area contributed by atoms with Gasteiger partial charge in [0, 0.05) is 25.2 Å². The number of rotatable bonds is 7. The van der Waals surface area contributed by atoms with Gasteiger partial charge in [0.05, 0.1) is 23.7 Å². The number of amides is 1. The summed E-state index contributed by atoms with van der Waals surface area (Å²) >= 11 is 0. The van der Waals surface area contributed by atoms with Gasteiger partial charge in [0.25, 0.3) is 5.91 Å². The number of furan rings is 1. The fourth-order valence-corrected chi connectivity index (χ4v) is 2.08. The second kappa shape index (κ2) is 7.47. The molecule has 0 aliphatic carbocycles. The quantitative estimate of drug-likeness (QED) is 0.821. The van der Waals surface area contributed by atoms with Crippen molar-refractivity contribution >= 4 is 11.6 Å². The lowest BCUT2D eigenvalue weighted by Crippen LogP contribution is -2.34. The molecule has 0 radical (unpaired) electrons. The smallest absolute Gasteiger partial charge is 0.253 e. The van der Waals surface area contributed by atoms with E-state index in [2.05, 4.69) is 22.5 Å². The van der Waals surface area contributed by atoms with Crippen LogP contribution in [0.1, 0.15) is 36.4 Å². The van der Waals surface area contributed by atoms with Gasteiger partial charge < -0.3 is 15.1 Å². The van der Waals surface area contributed by atoms with E-state index >= 15 is 0 Å². The standard InChI is InChI=1S/C16H21N3O2/c1-3-7-18-15-11-17-8-6-14(15)16(20)19-12(2)10-13-5-4-9-21-13/h4-6,8-9,11-12,18H,3,7,10H2,1-2H3,(H,19,20). The SMILES string of the molecule is CCCNc1cnccc1C(=O)NC(C)Cc1ccco1. The van der Waals surface area contributed by atoms with E-state index in [1.165, 1.54) is 0 Å². The van der Waals surface area contributed by atoms with E-state index in [0.29, 0.717) is 12.0 Å². The normalized spacial score (nSPS) is 11.9. The Balaban J connectivity index is 1.99. The summed E-state index contributed by atoms with van der Waals surface area (Å²) in [5.41, 5.74) is 1.38. The van der Waals surface area contributed by atoms with Crippen molar-refractivity contribution in [1.29, 1.82) is 0 Å². The van der Waals surface area contributed by atoms with Crippen molar-refractivity contribution in [2.45, 2.75) is 32.7 Å². The summed E-state index contributed by atoms with van der Waals surface area (Å²) in [6, 6.07) is 5.48. The van der Waals surface area contributed by atoms with Crippen LogP contribution in [0.15, 0.2) is 41.3 Å². The number of hydrogen-bond donors (Lipinski definition) is 2. The first kappa shape index (κ1) is 15.1. The van der Waals surface area contributed by atoms with E-state index in [1.807, 2.05) is 19.1 Å². The van der Waals surface area contributed by atoms with E-state index < -0.39 is 0 Å². The fraction of sp³-hybridized carbons (Fsp3) is 0.375. The summed E-state index contributed by atoms with van der Waals surface area (Å²) in [4.78, 5) is 16.4. The van der Waals surface area contributed by atoms with Gasteiger partial charge in [-0.15, -0.1) is 0 Å². The molecule has 5 nitrogen and oxygen atoms in total. The third-order valence-corrected chi connectivity index (χ3v) is 3.10. The lowest BCUT2D eigenvalue weighted by Gasteiger charge is -2.15. The Labute approximate surface area is 124 Å². The molecule has 1 amide bonds. The molecule has 0 aliphatic rings. The Hall–Kier alpha value is -2.30. The average Bonchev–Trinajstić information content (AvgIpc) is 2.98. The molecule has 0 bridgehead atoms. The van der Waals surface area contributed by atoms with Gasteiger partial charge in [0.1, 0.15) is 5.76 Å². The fourth-order valence-electron chi connectivity index (χ4n) is 2.08. The summed E-state index contributed by atoms with van der Waals surface area (Å²) in [5, 5.41) is 6.21. The van der Waals surface area contributed by atoms with Gasteiger partial charge in [0.15, 0.2) is 0 Å². The van der Waals surface area contributed by atoms with Gasteiger partial charge in [-0.05, 0) is 31.5 Å². The van der Waals surface area contributed by atoms with E-state index in [9.17, 15) is 4.79 Å². The van der Waals surface area contributed by atoms with Crippen molar-refractivity contribution in [3.63, 3.8) is 0 Å². The van der Waals surface area contributed by atoms with E-state index in [-0.39, 0.29) is 11.9 Å². The molecule has 0 aliphatic heterocycles. The molecule has 0 saturated carbocycles. The van der Waals surface area contributed by atoms with Crippen LogP contribution in [0.4, 0.5) is 5.69 Å². The zero-order valence-electron chi connectivity index (χ0n) is 12.4. The first-order valence-electron chi connectivity index (χ1n) is 7.21. The van der Waals surface area contributed by atoms with Crippen LogP contribution in [-0.2, 0) is 6.42 Å². The Bertz CT molecular complexity index is 567. The second-order valence-corrected chi connectivity index (χ2v) is 5.01. The minimum absolute atomic E-state index is 0.00385. The van der Waals surface area contributed by atoms with E-state index in [1.54, 1.807) is 24.7 Å². The van der Waals surface area contributed by atoms with Crippen molar-refractivity contribution in [3.05, 3.63) is 48.2 Å². The molecule has 0 aromatic carbocycles. The number of nitrogens with one attached hydrogen (secondary N) is 2. The number of pyridine rings is 1. The van der Waals surface area contributed by atoms with Gasteiger partial charge in [-0.1, -0.05) is 6.92 Å². The van der Waals surface area contributed by atoms with Crippen LogP contribution in [0.2, 0.25) is 0 Å². The van der Waals surface area contributed by atoms with Crippen LogP contribution in [0.5, 0.6) is 0 Å². The predicted octanol–water partition coefficient (Wildman–Crippen LogP) is 2.86. The minimum Gasteiger partial charge on any atom is -0.469 e. The van der Waals surface area contributed by atoms with Gasteiger partial charge in [0.2, 0.25) is 0 Å².